The first-order valence-corrected chi connectivity index (χ1v) is 10.7. The molecule has 2 fully saturated rings. The third-order valence-corrected chi connectivity index (χ3v) is 6.39. The minimum atomic E-state index is -0.271. The topological polar surface area (TPSA) is 117 Å². The Hall–Kier alpha value is -3.66. The smallest absolute Gasteiger partial charge is 0.261 e. The monoisotopic (exact) mass is 430 g/mol. The van der Waals surface area contributed by atoms with E-state index in [0.717, 1.165) is 47.6 Å². The van der Waals surface area contributed by atoms with Crippen LogP contribution in [0.4, 0.5) is 5.82 Å². The zero-order valence-corrected chi connectivity index (χ0v) is 17.6. The number of rotatable bonds is 6. The second-order valence-electron chi connectivity index (χ2n) is 8.23. The van der Waals surface area contributed by atoms with E-state index in [0.29, 0.717) is 24.9 Å². The lowest BCUT2D eigenvalue weighted by Crippen LogP contribution is -2.36. The summed E-state index contributed by atoms with van der Waals surface area (Å²) in [4.78, 5) is 18.1. The molecule has 1 saturated heterocycles. The Kier molecular flexibility index (Phi) is 4.46. The van der Waals surface area contributed by atoms with Crippen LogP contribution in [0.15, 0.2) is 47.6 Å². The SMILES string of the molecule is CNc1cnc(-c2ccc(C3(c4noc(-c5cnn(C6COC6)c5)n4)CCC3)cn2)cn1. The van der Waals surface area contributed by atoms with Crippen LogP contribution < -0.4 is 5.32 Å². The van der Waals surface area contributed by atoms with Gasteiger partial charge in [-0.15, -0.1) is 0 Å². The highest BCUT2D eigenvalue weighted by atomic mass is 16.5. The number of nitrogens with zero attached hydrogens (tertiary/aromatic N) is 7. The van der Waals surface area contributed by atoms with Gasteiger partial charge in [0, 0.05) is 19.4 Å². The molecule has 0 unspecified atom stereocenters. The summed E-state index contributed by atoms with van der Waals surface area (Å²) in [5.41, 5.74) is 3.14. The Morgan fingerprint density at radius 2 is 1.91 bits per heavy atom. The fourth-order valence-corrected chi connectivity index (χ4v) is 4.15. The van der Waals surface area contributed by atoms with Crippen LogP contribution in [0.2, 0.25) is 0 Å². The molecule has 0 radical (unpaired) electrons. The molecule has 5 heterocycles. The summed E-state index contributed by atoms with van der Waals surface area (Å²) in [6, 6.07) is 4.34. The van der Waals surface area contributed by atoms with E-state index in [9.17, 15) is 0 Å². The van der Waals surface area contributed by atoms with Crippen LogP contribution in [0.5, 0.6) is 0 Å². The average molecular weight is 430 g/mol. The molecule has 0 bridgehead atoms. The van der Waals surface area contributed by atoms with Crippen molar-refractivity contribution in [1.29, 1.82) is 0 Å². The fraction of sp³-hybridized carbons (Fsp3) is 0.364. The van der Waals surface area contributed by atoms with E-state index in [2.05, 4.69) is 36.6 Å². The largest absolute Gasteiger partial charge is 0.377 e. The first-order chi connectivity index (χ1) is 15.7. The van der Waals surface area contributed by atoms with Gasteiger partial charge in [0.25, 0.3) is 5.89 Å². The van der Waals surface area contributed by atoms with Crippen molar-refractivity contribution < 1.29 is 9.26 Å². The molecule has 0 spiro atoms. The highest BCUT2D eigenvalue weighted by molar-refractivity contribution is 5.55. The maximum atomic E-state index is 5.62. The van der Waals surface area contributed by atoms with Crippen LogP contribution in [-0.4, -0.2) is 55.1 Å². The van der Waals surface area contributed by atoms with Crippen molar-refractivity contribution in [2.75, 3.05) is 25.6 Å². The van der Waals surface area contributed by atoms with Crippen LogP contribution in [0, 0.1) is 0 Å². The summed E-state index contributed by atoms with van der Waals surface area (Å²) in [5.74, 6) is 1.91. The second kappa shape index (κ2) is 7.49. The first kappa shape index (κ1) is 19.1. The Morgan fingerprint density at radius 3 is 2.53 bits per heavy atom. The lowest BCUT2D eigenvalue weighted by molar-refractivity contribution is -0.0286. The Bertz CT molecular complexity index is 1220. The number of hydrogen-bond acceptors (Lipinski definition) is 9. The van der Waals surface area contributed by atoms with Crippen LogP contribution in [0.1, 0.15) is 36.7 Å². The summed E-state index contributed by atoms with van der Waals surface area (Å²) in [6.45, 7) is 1.38. The van der Waals surface area contributed by atoms with Crippen molar-refractivity contribution in [3.8, 4) is 22.8 Å². The van der Waals surface area contributed by atoms with Gasteiger partial charge >= 0.3 is 0 Å². The number of nitrogens with one attached hydrogen (secondary N) is 1. The zero-order chi connectivity index (χ0) is 21.5. The van der Waals surface area contributed by atoms with Gasteiger partial charge in [0.1, 0.15) is 11.5 Å². The standard InChI is InChI=1S/C22H22N8O2/c1-23-19-10-25-18(9-26-19)17-4-3-15(8-24-17)22(5-2-6-22)21-28-20(32-29-21)14-7-27-30(11-14)16-12-31-13-16/h3-4,7-11,16H,2,5-6,12-13H2,1H3,(H,23,26). The summed E-state index contributed by atoms with van der Waals surface area (Å²) in [7, 11) is 1.81. The lowest BCUT2D eigenvalue weighted by Gasteiger charge is -2.39. The van der Waals surface area contributed by atoms with E-state index in [1.165, 1.54) is 0 Å². The highest BCUT2D eigenvalue weighted by Crippen LogP contribution is 2.48. The number of anilines is 1. The van der Waals surface area contributed by atoms with Crippen molar-refractivity contribution in [3.05, 3.63) is 54.5 Å². The van der Waals surface area contributed by atoms with Crippen LogP contribution in [0.25, 0.3) is 22.8 Å². The summed E-state index contributed by atoms with van der Waals surface area (Å²) in [5, 5.41) is 11.7. The Balaban J connectivity index is 1.26. The normalized spacial score (nSPS) is 17.5. The van der Waals surface area contributed by atoms with Gasteiger partial charge in [0.15, 0.2) is 5.82 Å². The van der Waals surface area contributed by atoms with Crippen LogP contribution in [0.3, 0.4) is 0 Å². The molecule has 1 N–H and O–H groups in total. The van der Waals surface area contributed by atoms with Gasteiger partial charge in [-0.25, -0.2) is 9.97 Å². The van der Waals surface area contributed by atoms with Crippen LogP contribution >= 0.6 is 0 Å². The maximum Gasteiger partial charge on any atom is 0.261 e. The summed E-state index contributed by atoms with van der Waals surface area (Å²) in [6.07, 6.45) is 12.0. The molecule has 0 aromatic carbocycles. The first-order valence-electron chi connectivity index (χ1n) is 10.7. The Labute approximate surface area is 184 Å². The van der Waals surface area contributed by atoms with Crippen molar-refractivity contribution in [2.45, 2.75) is 30.7 Å². The third-order valence-electron chi connectivity index (χ3n) is 6.39. The van der Waals surface area contributed by atoms with Crippen molar-refractivity contribution in [2.24, 2.45) is 0 Å². The van der Waals surface area contributed by atoms with E-state index >= 15 is 0 Å². The molecule has 32 heavy (non-hydrogen) atoms. The number of ether oxygens (including phenoxy) is 1. The highest BCUT2D eigenvalue weighted by Gasteiger charge is 2.45. The minimum absolute atomic E-state index is 0.271. The molecule has 2 aliphatic rings. The predicted octanol–water partition coefficient (Wildman–Crippen LogP) is 2.87. The number of hydrogen-bond donors (Lipinski definition) is 1. The van der Waals surface area contributed by atoms with E-state index in [1.807, 2.05) is 30.2 Å². The van der Waals surface area contributed by atoms with Gasteiger partial charge in [-0.2, -0.15) is 10.1 Å². The molecule has 4 aromatic rings. The van der Waals surface area contributed by atoms with Gasteiger partial charge in [-0.3, -0.25) is 9.67 Å². The van der Waals surface area contributed by atoms with Crippen molar-refractivity contribution in [3.63, 3.8) is 0 Å². The molecule has 1 saturated carbocycles. The van der Waals surface area contributed by atoms with Gasteiger partial charge in [-0.1, -0.05) is 17.6 Å². The molecule has 10 heteroatoms. The van der Waals surface area contributed by atoms with Crippen molar-refractivity contribution >= 4 is 5.82 Å². The molecular formula is C22H22N8O2. The summed E-state index contributed by atoms with van der Waals surface area (Å²) >= 11 is 0. The van der Waals surface area contributed by atoms with E-state index < -0.39 is 0 Å². The molecule has 4 aromatic heterocycles. The fourth-order valence-electron chi connectivity index (χ4n) is 4.15. The Morgan fingerprint density at radius 1 is 1.03 bits per heavy atom. The molecule has 0 atom stereocenters. The minimum Gasteiger partial charge on any atom is -0.377 e. The second-order valence-corrected chi connectivity index (χ2v) is 8.23. The molecule has 10 nitrogen and oxygen atoms in total. The zero-order valence-electron chi connectivity index (χ0n) is 17.6. The van der Waals surface area contributed by atoms with Crippen molar-refractivity contribution in [1.82, 2.24) is 34.9 Å². The van der Waals surface area contributed by atoms with E-state index in [-0.39, 0.29) is 11.5 Å². The van der Waals surface area contributed by atoms with Gasteiger partial charge in [0.2, 0.25) is 0 Å². The molecule has 162 valence electrons. The quantitative estimate of drug-likeness (QED) is 0.493. The maximum absolute atomic E-state index is 5.62. The molecule has 1 aliphatic carbocycles. The lowest BCUT2D eigenvalue weighted by atomic mass is 9.64. The van der Waals surface area contributed by atoms with Gasteiger partial charge in [-0.05, 0) is 24.5 Å². The number of aromatic nitrogens is 7. The third kappa shape index (κ3) is 3.06. The van der Waals surface area contributed by atoms with Gasteiger partial charge in [0.05, 0.1) is 54.5 Å². The number of pyridine rings is 1. The molecule has 1 aliphatic heterocycles. The molecular weight excluding hydrogens is 408 g/mol. The van der Waals surface area contributed by atoms with Crippen LogP contribution in [-0.2, 0) is 10.2 Å². The molecule has 0 amide bonds. The predicted molar refractivity (Wildman–Crippen MR) is 115 cm³/mol. The van der Waals surface area contributed by atoms with Gasteiger partial charge < -0.3 is 14.6 Å². The summed E-state index contributed by atoms with van der Waals surface area (Å²) < 4.78 is 12.8. The molecule has 6 rings (SSSR count). The average Bonchev–Trinajstić information content (AvgIpc) is 3.43. The van der Waals surface area contributed by atoms with E-state index in [4.69, 9.17) is 14.2 Å². The van der Waals surface area contributed by atoms with E-state index in [1.54, 1.807) is 18.6 Å².